The Hall–Kier alpha value is -3.71. The molecule has 8 N–H and O–H groups in total. The lowest BCUT2D eigenvalue weighted by molar-refractivity contribution is -0.318. The van der Waals surface area contributed by atoms with E-state index < -0.39 is 84.9 Å². The molecule has 2 fully saturated rings. The summed E-state index contributed by atoms with van der Waals surface area (Å²) in [6.07, 6.45) is -15.9. The first-order valence-corrected chi connectivity index (χ1v) is 13.8. The van der Waals surface area contributed by atoms with Crippen LogP contribution in [0.2, 0.25) is 0 Å². The fraction of sp³-hybridized carbons (Fsp3) is 0.483. The average molecular weight is 639 g/mol. The average Bonchev–Trinajstić information content (AvgIpc) is 3.02. The van der Waals surface area contributed by atoms with Crippen molar-refractivity contribution in [1.29, 1.82) is 0 Å². The number of benzene rings is 2. The Morgan fingerprint density at radius 3 is 2.13 bits per heavy atom. The maximum atomic E-state index is 13.8. The van der Waals surface area contributed by atoms with Crippen LogP contribution in [0.25, 0.3) is 22.3 Å². The summed E-state index contributed by atoms with van der Waals surface area (Å²) in [5, 5.41) is 82.9. The molecule has 0 saturated carbocycles. The van der Waals surface area contributed by atoms with E-state index >= 15 is 0 Å². The van der Waals surface area contributed by atoms with E-state index in [1.54, 1.807) is 0 Å². The summed E-state index contributed by atoms with van der Waals surface area (Å²) in [6, 6.07) is 6.54. The Labute approximate surface area is 254 Å². The Kier molecular flexibility index (Phi) is 9.41. The highest BCUT2D eigenvalue weighted by atomic mass is 16.7. The molecule has 2 saturated heterocycles. The quantitative estimate of drug-likeness (QED) is 0.146. The van der Waals surface area contributed by atoms with Gasteiger partial charge in [0.1, 0.15) is 65.2 Å². The topological polar surface area (TPSA) is 247 Å². The van der Waals surface area contributed by atoms with Gasteiger partial charge in [-0.15, -0.1) is 0 Å². The largest absolute Gasteiger partial charge is 0.507 e. The van der Waals surface area contributed by atoms with Crippen LogP contribution in [-0.4, -0.2) is 123 Å². The van der Waals surface area contributed by atoms with Gasteiger partial charge >= 0.3 is 0 Å². The molecule has 5 unspecified atom stereocenters. The summed E-state index contributed by atoms with van der Waals surface area (Å²) in [5.74, 6) is -1.44. The number of aromatic hydroxyl groups is 2. The minimum atomic E-state index is -1.93. The van der Waals surface area contributed by atoms with Gasteiger partial charge in [0, 0.05) is 17.7 Å². The van der Waals surface area contributed by atoms with E-state index in [-0.39, 0.29) is 39.5 Å². The Balaban J connectivity index is 1.50. The molecule has 1 aromatic heterocycles. The lowest BCUT2D eigenvalue weighted by Gasteiger charge is -2.42. The molecular formula is C29H34O16. The molecule has 0 aliphatic carbocycles. The van der Waals surface area contributed by atoms with Gasteiger partial charge in [0.15, 0.2) is 23.5 Å². The SMILES string of the molecule is COc1cc(O)c2c(=O)c(O[C@@H]3OC(CO[C@@H]4OC(C)[C@H](O)[C@H](O)C4O)[C@@H](O)C(O)C3O)c(-c3ccc(OC)c(O)c3)oc2c1. The minimum Gasteiger partial charge on any atom is -0.507 e. The summed E-state index contributed by atoms with van der Waals surface area (Å²) in [7, 11) is 2.68. The molecule has 2 aliphatic heterocycles. The van der Waals surface area contributed by atoms with Crippen LogP contribution in [0.4, 0.5) is 0 Å². The first kappa shape index (κ1) is 32.7. The number of fused-ring (bicyclic) bond motifs is 1. The molecule has 0 bridgehead atoms. The van der Waals surface area contributed by atoms with Crippen LogP contribution in [-0.2, 0) is 14.2 Å². The second-order valence-electron chi connectivity index (χ2n) is 10.6. The molecule has 10 atom stereocenters. The molecule has 16 heteroatoms. The summed E-state index contributed by atoms with van der Waals surface area (Å²) < 4.78 is 38.5. The molecule has 0 spiro atoms. The van der Waals surface area contributed by atoms with Crippen LogP contribution in [0, 0.1) is 0 Å². The van der Waals surface area contributed by atoms with E-state index in [0.29, 0.717) is 0 Å². The van der Waals surface area contributed by atoms with Crippen molar-refractivity contribution in [1.82, 2.24) is 0 Å². The molecule has 3 heterocycles. The molecular weight excluding hydrogens is 604 g/mol. The molecule has 16 nitrogen and oxygen atoms in total. The van der Waals surface area contributed by atoms with Gasteiger partial charge in [-0.3, -0.25) is 4.79 Å². The smallest absolute Gasteiger partial charge is 0.239 e. The molecule has 2 aromatic carbocycles. The Morgan fingerprint density at radius 1 is 0.778 bits per heavy atom. The lowest BCUT2D eigenvalue weighted by Crippen LogP contribution is -2.61. The molecule has 5 rings (SSSR count). The second kappa shape index (κ2) is 13.0. The van der Waals surface area contributed by atoms with E-state index in [0.717, 1.165) is 0 Å². The zero-order valence-corrected chi connectivity index (χ0v) is 24.2. The van der Waals surface area contributed by atoms with Gasteiger partial charge in [0.05, 0.1) is 26.9 Å². The lowest BCUT2D eigenvalue weighted by atomic mass is 9.98. The molecule has 45 heavy (non-hydrogen) atoms. The van der Waals surface area contributed by atoms with Gasteiger partial charge in [-0.25, -0.2) is 0 Å². The summed E-state index contributed by atoms with van der Waals surface area (Å²) >= 11 is 0. The standard InChI is InChI=1S/C29H34O16/c1-10-19(32)22(35)24(37)28(42-10)41-9-17-20(33)23(36)25(38)29(44-17)45-27-21(34)18-14(31)7-12(39-2)8-16(18)43-26(27)11-4-5-15(40-3)13(30)6-11/h4-8,10,17,19-20,22-25,28-33,35-38H,9H2,1-3H3/t10?,17?,19-,20+,22-,23?,24?,25?,28+,29-/m0/s1. The van der Waals surface area contributed by atoms with Gasteiger partial charge in [-0.05, 0) is 25.1 Å². The van der Waals surface area contributed by atoms with Crippen LogP contribution < -0.4 is 19.6 Å². The number of phenolic OH excluding ortho intramolecular Hbond substituents is 2. The minimum absolute atomic E-state index is 0.105. The van der Waals surface area contributed by atoms with E-state index in [1.807, 2.05) is 0 Å². The predicted octanol–water partition coefficient (Wildman–Crippen LogP) is -1.08. The van der Waals surface area contributed by atoms with Crippen molar-refractivity contribution in [2.45, 2.75) is 68.3 Å². The van der Waals surface area contributed by atoms with Crippen molar-refractivity contribution in [2.24, 2.45) is 0 Å². The Morgan fingerprint density at radius 2 is 1.47 bits per heavy atom. The molecule has 0 radical (unpaired) electrons. The number of hydrogen-bond donors (Lipinski definition) is 8. The van der Waals surface area contributed by atoms with Crippen molar-refractivity contribution < 1.29 is 73.7 Å². The van der Waals surface area contributed by atoms with Crippen molar-refractivity contribution >= 4 is 11.0 Å². The van der Waals surface area contributed by atoms with Crippen molar-refractivity contribution in [3.63, 3.8) is 0 Å². The zero-order chi connectivity index (χ0) is 32.7. The number of hydrogen-bond acceptors (Lipinski definition) is 16. The Bertz CT molecular complexity index is 1570. The summed E-state index contributed by atoms with van der Waals surface area (Å²) in [5.41, 5.74) is -0.936. The fourth-order valence-corrected chi connectivity index (χ4v) is 5.11. The normalized spacial score (nSPS) is 31.9. The third-order valence-corrected chi connectivity index (χ3v) is 7.72. The summed E-state index contributed by atoms with van der Waals surface area (Å²) in [4.78, 5) is 13.8. The van der Waals surface area contributed by atoms with E-state index in [1.165, 1.54) is 51.5 Å². The fourth-order valence-electron chi connectivity index (χ4n) is 5.11. The van der Waals surface area contributed by atoms with Crippen molar-refractivity contribution in [3.05, 3.63) is 40.6 Å². The van der Waals surface area contributed by atoms with Crippen LogP contribution in [0.15, 0.2) is 39.5 Å². The number of phenols is 2. The maximum Gasteiger partial charge on any atom is 0.239 e. The van der Waals surface area contributed by atoms with Gasteiger partial charge in [0.25, 0.3) is 0 Å². The number of methoxy groups -OCH3 is 2. The number of rotatable bonds is 8. The summed E-state index contributed by atoms with van der Waals surface area (Å²) in [6.45, 7) is 0.864. The van der Waals surface area contributed by atoms with Crippen LogP contribution in [0.1, 0.15) is 6.92 Å². The van der Waals surface area contributed by atoms with Gasteiger partial charge in [-0.2, -0.15) is 0 Å². The first-order chi connectivity index (χ1) is 21.4. The highest BCUT2D eigenvalue weighted by Crippen LogP contribution is 2.40. The number of aliphatic hydroxyl groups excluding tert-OH is 6. The van der Waals surface area contributed by atoms with Crippen molar-refractivity contribution in [3.8, 4) is 40.1 Å². The predicted molar refractivity (Wildman–Crippen MR) is 150 cm³/mol. The van der Waals surface area contributed by atoms with E-state index in [2.05, 4.69) is 0 Å². The number of aliphatic hydroxyl groups is 6. The number of ether oxygens (including phenoxy) is 6. The molecule has 3 aromatic rings. The third-order valence-electron chi connectivity index (χ3n) is 7.72. The van der Waals surface area contributed by atoms with Crippen LogP contribution >= 0.6 is 0 Å². The second-order valence-corrected chi connectivity index (χ2v) is 10.6. The van der Waals surface area contributed by atoms with Gasteiger partial charge < -0.3 is 73.7 Å². The molecule has 2 aliphatic rings. The highest BCUT2D eigenvalue weighted by molar-refractivity contribution is 5.88. The zero-order valence-electron chi connectivity index (χ0n) is 24.2. The van der Waals surface area contributed by atoms with Gasteiger partial charge in [-0.1, -0.05) is 0 Å². The maximum absolute atomic E-state index is 13.8. The van der Waals surface area contributed by atoms with E-state index in [4.69, 9.17) is 32.8 Å². The third kappa shape index (κ3) is 6.11. The van der Waals surface area contributed by atoms with Gasteiger partial charge in [0.2, 0.25) is 17.5 Å². The van der Waals surface area contributed by atoms with Crippen LogP contribution in [0.5, 0.6) is 28.7 Å². The monoisotopic (exact) mass is 638 g/mol. The molecule has 0 amide bonds. The first-order valence-electron chi connectivity index (χ1n) is 13.8. The molecule has 246 valence electrons. The highest BCUT2D eigenvalue weighted by Gasteiger charge is 2.47. The van der Waals surface area contributed by atoms with Crippen LogP contribution in [0.3, 0.4) is 0 Å². The van der Waals surface area contributed by atoms with Crippen molar-refractivity contribution in [2.75, 3.05) is 20.8 Å². The van der Waals surface area contributed by atoms with E-state index in [9.17, 15) is 45.6 Å².